The lowest BCUT2D eigenvalue weighted by Crippen LogP contribution is -2.55. The highest BCUT2D eigenvalue weighted by Crippen LogP contribution is 2.53. The third-order valence-electron chi connectivity index (χ3n) is 6.43. The second-order valence-electron chi connectivity index (χ2n) is 8.71. The van der Waals surface area contributed by atoms with Crippen molar-refractivity contribution < 1.29 is 24.5 Å². The predicted molar refractivity (Wildman–Crippen MR) is 100.0 cm³/mol. The SMILES string of the molecule is CC1(C)Oc2cc(O)ccc2[C@H]2O[C@H]3CCN(CCCC(=O)O)C[C@@H]3C[C@@H]21. The van der Waals surface area contributed by atoms with E-state index in [1.807, 2.05) is 6.07 Å². The van der Waals surface area contributed by atoms with Gasteiger partial charge in [-0.05, 0) is 57.7 Å². The fraction of sp³-hybridized carbons (Fsp3) is 0.667. The van der Waals surface area contributed by atoms with Crippen molar-refractivity contribution in [2.45, 2.75) is 57.3 Å². The van der Waals surface area contributed by atoms with Gasteiger partial charge in [0.25, 0.3) is 0 Å². The van der Waals surface area contributed by atoms with Gasteiger partial charge in [0.05, 0.1) is 12.2 Å². The molecular weight excluding hydrogens is 346 g/mol. The number of phenolic OH excluding ortho intramolecular Hbond substituents is 1. The molecule has 148 valence electrons. The zero-order valence-electron chi connectivity index (χ0n) is 16.1. The van der Waals surface area contributed by atoms with Gasteiger partial charge in [0.1, 0.15) is 17.1 Å². The smallest absolute Gasteiger partial charge is 0.303 e. The minimum Gasteiger partial charge on any atom is -0.508 e. The van der Waals surface area contributed by atoms with Crippen LogP contribution in [-0.2, 0) is 9.53 Å². The van der Waals surface area contributed by atoms with E-state index in [0.29, 0.717) is 12.3 Å². The van der Waals surface area contributed by atoms with Gasteiger partial charge in [0.2, 0.25) is 0 Å². The number of likely N-dealkylation sites (tertiary alicyclic amines) is 1. The van der Waals surface area contributed by atoms with E-state index < -0.39 is 5.97 Å². The fourth-order valence-corrected chi connectivity index (χ4v) is 5.03. The van der Waals surface area contributed by atoms with Crippen LogP contribution in [0.3, 0.4) is 0 Å². The van der Waals surface area contributed by atoms with Crippen molar-refractivity contribution in [3.05, 3.63) is 23.8 Å². The van der Waals surface area contributed by atoms with Crippen molar-refractivity contribution in [1.29, 1.82) is 0 Å². The lowest BCUT2D eigenvalue weighted by Gasteiger charge is -2.53. The van der Waals surface area contributed by atoms with Crippen LogP contribution in [0.2, 0.25) is 0 Å². The summed E-state index contributed by atoms with van der Waals surface area (Å²) in [6, 6.07) is 5.32. The summed E-state index contributed by atoms with van der Waals surface area (Å²) in [5, 5.41) is 18.7. The third-order valence-corrected chi connectivity index (χ3v) is 6.43. The molecule has 0 spiro atoms. The molecule has 2 fully saturated rings. The second-order valence-corrected chi connectivity index (χ2v) is 8.71. The Hall–Kier alpha value is -1.79. The van der Waals surface area contributed by atoms with E-state index in [2.05, 4.69) is 18.7 Å². The molecule has 27 heavy (non-hydrogen) atoms. The number of aromatic hydroxyl groups is 1. The number of carbonyl (C=O) groups is 1. The first-order valence-corrected chi connectivity index (χ1v) is 9.95. The third kappa shape index (κ3) is 3.65. The van der Waals surface area contributed by atoms with E-state index in [-0.39, 0.29) is 35.9 Å². The molecule has 0 saturated carbocycles. The van der Waals surface area contributed by atoms with Gasteiger partial charge in [-0.25, -0.2) is 0 Å². The lowest BCUT2D eigenvalue weighted by molar-refractivity contribution is -0.187. The van der Waals surface area contributed by atoms with E-state index in [4.69, 9.17) is 14.6 Å². The van der Waals surface area contributed by atoms with Crippen molar-refractivity contribution in [2.24, 2.45) is 11.8 Å². The number of hydrogen-bond acceptors (Lipinski definition) is 5. The highest BCUT2D eigenvalue weighted by molar-refractivity contribution is 5.66. The van der Waals surface area contributed by atoms with Gasteiger partial charge in [0, 0.05) is 37.1 Å². The largest absolute Gasteiger partial charge is 0.508 e. The minimum atomic E-state index is -0.723. The predicted octanol–water partition coefficient (Wildman–Crippen LogP) is 3.20. The minimum absolute atomic E-state index is 0.00385. The van der Waals surface area contributed by atoms with E-state index in [1.165, 1.54) is 0 Å². The Morgan fingerprint density at radius 1 is 1.37 bits per heavy atom. The number of ether oxygens (including phenoxy) is 2. The Labute approximate surface area is 160 Å². The Morgan fingerprint density at radius 3 is 2.96 bits per heavy atom. The number of benzene rings is 1. The molecule has 4 rings (SSSR count). The molecule has 1 aromatic carbocycles. The molecule has 0 unspecified atom stereocenters. The summed E-state index contributed by atoms with van der Waals surface area (Å²) >= 11 is 0. The molecular formula is C21H29NO5. The summed E-state index contributed by atoms with van der Waals surface area (Å²) in [6.45, 7) is 6.97. The van der Waals surface area contributed by atoms with Crippen molar-refractivity contribution in [2.75, 3.05) is 19.6 Å². The average Bonchev–Trinajstić information content (AvgIpc) is 2.59. The molecule has 0 aliphatic carbocycles. The monoisotopic (exact) mass is 375 g/mol. The molecule has 3 aliphatic rings. The molecule has 6 heteroatoms. The zero-order valence-corrected chi connectivity index (χ0v) is 16.1. The van der Waals surface area contributed by atoms with Crippen LogP contribution in [0.15, 0.2) is 18.2 Å². The first kappa shape index (κ1) is 18.6. The molecule has 2 saturated heterocycles. The topological polar surface area (TPSA) is 79.2 Å². The second kappa shape index (κ2) is 6.99. The van der Waals surface area contributed by atoms with Crippen LogP contribution >= 0.6 is 0 Å². The Kier molecular flexibility index (Phi) is 4.80. The maximum Gasteiger partial charge on any atom is 0.303 e. The first-order valence-electron chi connectivity index (χ1n) is 9.95. The van der Waals surface area contributed by atoms with E-state index in [0.717, 1.165) is 43.8 Å². The zero-order chi connectivity index (χ0) is 19.2. The van der Waals surface area contributed by atoms with Crippen LogP contribution in [0.4, 0.5) is 0 Å². The van der Waals surface area contributed by atoms with E-state index in [9.17, 15) is 9.90 Å². The summed E-state index contributed by atoms with van der Waals surface area (Å²) in [6.07, 6.45) is 3.19. The highest BCUT2D eigenvalue weighted by Gasteiger charge is 2.51. The summed E-state index contributed by atoms with van der Waals surface area (Å²) in [5.74, 6) is 0.929. The van der Waals surface area contributed by atoms with E-state index in [1.54, 1.807) is 12.1 Å². The summed E-state index contributed by atoms with van der Waals surface area (Å²) in [4.78, 5) is 13.1. The molecule has 2 N–H and O–H groups in total. The molecule has 1 aromatic rings. The van der Waals surface area contributed by atoms with Crippen LogP contribution in [0.5, 0.6) is 11.5 Å². The fourth-order valence-electron chi connectivity index (χ4n) is 5.03. The van der Waals surface area contributed by atoms with E-state index >= 15 is 0 Å². The van der Waals surface area contributed by atoms with Gasteiger partial charge < -0.3 is 24.6 Å². The standard InChI is InChI=1S/C21H29NO5/c1-21(2)16-10-13-12-22(8-3-4-19(24)25)9-7-17(13)26-20(16)15-6-5-14(23)11-18(15)27-21/h5-6,11,13,16-17,20,23H,3-4,7-10,12H2,1-2H3,(H,24,25)/t13-,16-,17-,20+/m0/s1. The van der Waals surface area contributed by atoms with Gasteiger partial charge >= 0.3 is 5.97 Å². The normalized spacial score (nSPS) is 31.9. The Balaban J connectivity index is 1.48. The number of nitrogens with zero attached hydrogens (tertiary/aromatic N) is 1. The molecule has 3 aliphatic heterocycles. The Bertz CT molecular complexity index is 719. The summed E-state index contributed by atoms with van der Waals surface area (Å²) in [7, 11) is 0. The number of hydrogen-bond donors (Lipinski definition) is 2. The molecule has 4 atom stereocenters. The van der Waals surface area contributed by atoms with Crippen LogP contribution in [0.1, 0.15) is 51.2 Å². The van der Waals surface area contributed by atoms with Crippen LogP contribution in [0, 0.1) is 11.8 Å². The number of phenols is 1. The molecule has 0 amide bonds. The number of rotatable bonds is 4. The first-order chi connectivity index (χ1) is 12.8. The summed E-state index contributed by atoms with van der Waals surface area (Å²) < 4.78 is 12.9. The van der Waals surface area contributed by atoms with Gasteiger partial charge in [-0.1, -0.05) is 0 Å². The number of carboxylic acids is 1. The summed E-state index contributed by atoms with van der Waals surface area (Å²) in [5.41, 5.74) is 0.682. The maximum atomic E-state index is 10.8. The van der Waals surface area contributed by atoms with Crippen molar-refractivity contribution in [3.8, 4) is 11.5 Å². The highest BCUT2D eigenvalue weighted by atomic mass is 16.5. The average molecular weight is 375 g/mol. The number of fused-ring (bicyclic) bond motifs is 4. The maximum absolute atomic E-state index is 10.8. The molecule has 3 heterocycles. The van der Waals surface area contributed by atoms with Crippen LogP contribution in [-0.4, -0.2) is 52.4 Å². The number of piperidine rings is 1. The molecule has 0 radical (unpaired) electrons. The molecule has 6 nitrogen and oxygen atoms in total. The van der Waals surface area contributed by atoms with Gasteiger partial charge in [-0.2, -0.15) is 0 Å². The van der Waals surface area contributed by atoms with Gasteiger partial charge in [-0.15, -0.1) is 0 Å². The number of carboxylic acid groups (broad SMARTS) is 1. The van der Waals surface area contributed by atoms with Gasteiger partial charge in [-0.3, -0.25) is 4.79 Å². The van der Waals surface area contributed by atoms with Crippen LogP contribution in [0.25, 0.3) is 0 Å². The van der Waals surface area contributed by atoms with Crippen molar-refractivity contribution in [3.63, 3.8) is 0 Å². The Morgan fingerprint density at radius 2 is 2.19 bits per heavy atom. The van der Waals surface area contributed by atoms with Gasteiger partial charge in [0.15, 0.2) is 0 Å². The molecule has 0 bridgehead atoms. The quantitative estimate of drug-likeness (QED) is 0.841. The molecule has 0 aromatic heterocycles. The van der Waals surface area contributed by atoms with Crippen LogP contribution < -0.4 is 4.74 Å². The van der Waals surface area contributed by atoms with Crippen molar-refractivity contribution >= 4 is 5.97 Å². The van der Waals surface area contributed by atoms with Crippen molar-refractivity contribution in [1.82, 2.24) is 4.90 Å². The number of aliphatic carboxylic acids is 1. The lowest BCUT2D eigenvalue weighted by atomic mass is 9.70.